The van der Waals surface area contributed by atoms with Crippen molar-refractivity contribution in [2.24, 2.45) is 5.92 Å². The SMILES string of the molecule is CCCCCC(C(=O)NCNC(=O)c1ccc(-c2ccc(C(=O)NC(CC(=O)OCc3ccccc3)C(=O)OCc3ccccc3)c(OCC)c2)o1)[C@@H](CC)N(C=O)OC(=O)c1ccc(OC)cc1. The van der Waals surface area contributed by atoms with Gasteiger partial charge in [0, 0.05) is 5.56 Å². The molecule has 5 rings (SSSR count). The minimum absolute atomic E-state index is 0.0296. The molecule has 364 valence electrons. The number of furan rings is 1. The molecule has 0 fully saturated rings. The molecule has 69 heavy (non-hydrogen) atoms. The number of nitrogens with zero attached hydrogens (tertiary/aromatic N) is 1. The van der Waals surface area contributed by atoms with Gasteiger partial charge in [0.15, 0.2) is 5.76 Å². The topological polar surface area (TPSA) is 218 Å². The number of hydrogen-bond donors (Lipinski definition) is 3. The van der Waals surface area contributed by atoms with Gasteiger partial charge >= 0.3 is 17.9 Å². The second kappa shape index (κ2) is 27.0. The van der Waals surface area contributed by atoms with E-state index in [1.807, 2.05) is 19.1 Å². The molecule has 0 bridgehead atoms. The quantitative estimate of drug-likeness (QED) is 0.0155. The fourth-order valence-corrected chi connectivity index (χ4v) is 7.20. The second-order valence-corrected chi connectivity index (χ2v) is 15.7. The lowest BCUT2D eigenvalue weighted by molar-refractivity contribution is -0.171. The highest BCUT2D eigenvalue weighted by atomic mass is 16.7. The van der Waals surface area contributed by atoms with E-state index in [9.17, 15) is 33.6 Å². The Balaban J connectivity index is 1.23. The van der Waals surface area contributed by atoms with Crippen LogP contribution in [-0.2, 0) is 46.7 Å². The summed E-state index contributed by atoms with van der Waals surface area (Å²) in [5.74, 6) is -4.15. The Morgan fingerprint density at radius 3 is 2.06 bits per heavy atom. The third kappa shape index (κ3) is 15.6. The molecule has 0 aliphatic carbocycles. The highest BCUT2D eigenvalue weighted by Gasteiger charge is 2.34. The molecule has 2 unspecified atom stereocenters. The average Bonchev–Trinajstić information content (AvgIpc) is 3.88. The van der Waals surface area contributed by atoms with Crippen LogP contribution in [0, 0.1) is 5.92 Å². The molecule has 5 aromatic rings. The molecular formula is C52H58N4O13. The number of ether oxygens (including phenoxy) is 4. The number of unbranched alkanes of at least 4 members (excludes halogenated alkanes) is 2. The van der Waals surface area contributed by atoms with Crippen LogP contribution in [0.15, 0.2) is 120 Å². The summed E-state index contributed by atoms with van der Waals surface area (Å²) >= 11 is 0. The maximum atomic E-state index is 13.8. The van der Waals surface area contributed by atoms with Crippen LogP contribution in [0.5, 0.6) is 11.5 Å². The van der Waals surface area contributed by atoms with Gasteiger partial charge in [0.25, 0.3) is 11.8 Å². The number of esters is 2. The van der Waals surface area contributed by atoms with Crippen LogP contribution in [0.4, 0.5) is 0 Å². The van der Waals surface area contributed by atoms with Crippen molar-refractivity contribution in [1.29, 1.82) is 0 Å². The number of nitrogens with one attached hydrogen (secondary N) is 3. The van der Waals surface area contributed by atoms with Crippen LogP contribution >= 0.6 is 0 Å². The molecule has 3 atom stereocenters. The molecular weight excluding hydrogens is 889 g/mol. The van der Waals surface area contributed by atoms with Gasteiger partial charge in [-0.1, -0.05) is 99.8 Å². The molecule has 1 heterocycles. The first kappa shape index (κ1) is 52.0. The largest absolute Gasteiger partial charge is 0.497 e. The van der Waals surface area contributed by atoms with E-state index in [0.717, 1.165) is 23.5 Å². The number of hydroxylamine groups is 2. The first-order chi connectivity index (χ1) is 33.5. The lowest BCUT2D eigenvalue weighted by Gasteiger charge is -2.31. The number of rotatable bonds is 27. The predicted octanol–water partition coefficient (Wildman–Crippen LogP) is 7.34. The van der Waals surface area contributed by atoms with Crippen LogP contribution in [0.25, 0.3) is 11.3 Å². The zero-order valence-corrected chi connectivity index (χ0v) is 39.1. The molecule has 0 saturated heterocycles. The maximum absolute atomic E-state index is 13.8. The van der Waals surface area contributed by atoms with Crippen molar-refractivity contribution < 1.29 is 61.8 Å². The number of methoxy groups -OCH3 is 1. The third-order valence-electron chi connectivity index (χ3n) is 10.9. The van der Waals surface area contributed by atoms with Crippen molar-refractivity contribution in [3.8, 4) is 22.8 Å². The number of amides is 4. The highest BCUT2D eigenvalue weighted by molar-refractivity contribution is 6.00. The monoisotopic (exact) mass is 946 g/mol. The lowest BCUT2D eigenvalue weighted by Crippen LogP contribution is -2.49. The van der Waals surface area contributed by atoms with Gasteiger partial charge in [0.05, 0.1) is 49.9 Å². The lowest BCUT2D eigenvalue weighted by atomic mass is 9.90. The summed E-state index contributed by atoms with van der Waals surface area (Å²) in [5.41, 5.74) is 2.13. The van der Waals surface area contributed by atoms with Gasteiger partial charge in [0.1, 0.15) is 36.5 Å². The minimum atomic E-state index is -1.41. The minimum Gasteiger partial charge on any atom is -0.497 e. The summed E-state index contributed by atoms with van der Waals surface area (Å²) in [7, 11) is 1.49. The van der Waals surface area contributed by atoms with Crippen LogP contribution < -0.4 is 25.4 Å². The van der Waals surface area contributed by atoms with Crippen LogP contribution in [0.2, 0.25) is 0 Å². The normalized spacial score (nSPS) is 12.0. The van der Waals surface area contributed by atoms with Crippen LogP contribution in [0.3, 0.4) is 0 Å². The van der Waals surface area contributed by atoms with E-state index in [2.05, 4.69) is 16.0 Å². The van der Waals surface area contributed by atoms with Gasteiger partial charge in [-0.2, -0.15) is 5.06 Å². The molecule has 17 heteroatoms. The van der Waals surface area contributed by atoms with E-state index in [4.69, 9.17) is 28.2 Å². The number of carbonyl (C=O) groups is 7. The average molecular weight is 947 g/mol. The van der Waals surface area contributed by atoms with Gasteiger partial charge in [-0.15, -0.1) is 0 Å². The Labute approximate surface area is 400 Å². The molecule has 4 amide bonds. The van der Waals surface area contributed by atoms with E-state index < -0.39 is 60.1 Å². The zero-order chi connectivity index (χ0) is 49.5. The second-order valence-electron chi connectivity index (χ2n) is 15.7. The molecule has 0 radical (unpaired) electrons. The summed E-state index contributed by atoms with van der Waals surface area (Å²) in [5, 5.41) is 8.82. The molecule has 3 N–H and O–H groups in total. The van der Waals surface area contributed by atoms with Crippen molar-refractivity contribution in [2.45, 2.75) is 84.6 Å². The van der Waals surface area contributed by atoms with Gasteiger partial charge in [-0.25, -0.2) is 9.59 Å². The number of hydrogen-bond acceptors (Lipinski definition) is 13. The molecule has 0 saturated carbocycles. The summed E-state index contributed by atoms with van der Waals surface area (Å²) < 4.78 is 27.8. The van der Waals surface area contributed by atoms with Crippen LogP contribution in [0.1, 0.15) is 102 Å². The molecule has 17 nitrogen and oxygen atoms in total. The van der Waals surface area contributed by atoms with Crippen molar-refractivity contribution >= 4 is 42.0 Å². The first-order valence-electron chi connectivity index (χ1n) is 22.7. The molecule has 4 aromatic carbocycles. The zero-order valence-electron chi connectivity index (χ0n) is 39.1. The standard InChI is InChI=1S/C52H58N4O13/c1-5-8-11-20-40(43(6-2)56(34-57)69-51(62)37-21-24-39(64-4)25-22-37)48(59)53-33-54-50(61)45-28-27-44(68-45)38-23-26-41(46(29-38)65-7-3)49(60)55-42(52(63)67-32-36-18-14-10-15-19-36)30-47(58)66-31-35-16-12-9-13-17-35/h9-10,12-19,21-29,34,40,42-43H,5-8,11,20,30-33H2,1-4H3,(H,53,59)(H,54,61)(H,55,60)/t40?,42?,43-/m1/s1. The van der Waals surface area contributed by atoms with Crippen molar-refractivity contribution in [2.75, 3.05) is 20.4 Å². The first-order valence-corrected chi connectivity index (χ1v) is 22.7. The van der Waals surface area contributed by atoms with Crippen molar-refractivity contribution in [3.63, 3.8) is 0 Å². The fourth-order valence-electron chi connectivity index (χ4n) is 7.20. The van der Waals surface area contributed by atoms with Gasteiger partial charge in [-0.05, 0) is 79.4 Å². The van der Waals surface area contributed by atoms with E-state index in [1.54, 1.807) is 86.6 Å². The Kier molecular flexibility index (Phi) is 20.4. The predicted molar refractivity (Wildman–Crippen MR) is 252 cm³/mol. The maximum Gasteiger partial charge on any atom is 0.363 e. The third-order valence-corrected chi connectivity index (χ3v) is 10.9. The molecule has 0 aliphatic heterocycles. The summed E-state index contributed by atoms with van der Waals surface area (Å²) in [4.78, 5) is 97.8. The Hall–Kier alpha value is -7.95. The van der Waals surface area contributed by atoms with Crippen molar-refractivity contribution in [3.05, 3.63) is 143 Å². The van der Waals surface area contributed by atoms with E-state index >= 15 is 0 Å². The van der Waals surface area contributed by atoms with Gasteiger partial charge in [-0.3, -0.25) is 24.0 Å². The smallest absolute Gasteiger partial charge is 0.363 e. The molecule has 0 aliphatic rings. The van der Waals surface area contributed by atoms with E-state index in [0.29, 0.717) is 36.1 Å². The summed E-state index contributed by atoms with van der Waals surface area (Å²) in [6, 6.07) is 29.5. The van der Waals surface area contributed by atoms with Gasteiger partial charge < -0.3 is 44.2 Å². The fraction of sp³-hybridized carbons (Fsp3) is 0.327. The Bertz CT molecular complexity index is 2480. The molecule has 1 aromatic heterocycles. The van der Waals surface area contributed by atoms with E-state index in [1.165, 1.54) is 37.4 Å². The number of benzene rings is 4. The van der Waals surface area contributed by atoms with Crippen molar-refractivity contribution in [1.82, 2.24) is 21.0 Å². The summed E-state index contributed by atoms with van der Waals surface area (Å²) in [6.07, 6.45) is 2.92. The van der Waals surface area contributed by atoms with E-state index in [-0.39, 0.29) is 61.3 Å². The van der Waals surface area contributed by atoms with Crippen LogP contribution in [-0.4, -0.2) is 79.6 Å². The van der Waals surface area contributed by atoms with Gasteiger partial charge in [0.2, 0.25) is 12.3 Å². The Morgan fingerprint density at radius 2 is 1.43 bits per heavy atom. The Morgan fingerprint density at radius 1 is 0.754 bits per heavy atom. The summed E-state index contributed by atoms with van der Waals surface area (Å²) in [6.45, 7) is 5.27. The highest BCUT2D eigenvalue weighted by Crippen LogP contribution is 2.30. The molecule has 0 spiro atoms. The number of carbonyl (C=O) groups excluding carboxylic acids is 7.